The van der Waals surface area contributed by atoms with Crippen molar-refractivity contribution in [2.75, 3.05) is 0 Å². The van der Waals surface area contributed by atoms with Crippen molar-refractivity contribution < 1.29 is 0 Å². The number of aromatic amines is 1. The summed E-state index contributed by atoms with van der Waals surface area (Å²) in [6.07, 6.45) is 3.47. The monoisotopic (exact) mass is 218 g/mol. The highest BCUT2D eigenvalue weighted by Crippen LogP contribution is 2.26. The molecule has 0 radical (unpaired) electrons. The molecule has 0 aliphatic heterocycles. The molecule has 2 nitrogen and oxygen atoms in total. The predicted octanol–water partition coefficient (Wildman–Crippen LogP) is 3.43. The zero-order valence-corrected chi connectivity index (χ0v) is 9.17. The molecule has 0 spiro atoms. The van der Waals surface area contributed by atoms with Crippen molar-refractivity contribution in [2.45, 2.75) is 6.92 Å². The highest BCUT2D eigenvalue weighted by molar-refractivity contribution is 6.32. The third-order valence-corrected chi connectivity index (χ3v) is 2.56. The Kier molecular flexibility index (Phi) is 2.60. The molecule has 0 atom stereocenters. The molecule has 0 aliphatic rings. The minimum absolute atomic E-state index is 0.696. The van der Waals surface area contributed by atoms with Gasteiger partial charge in [-0.3, -0.25) is 0 Å². The van der Waals surface area contributed by atoms with Gasteiger partial charge in [-0.1, -0.05) is 29.8 Å². The molecule has 2 rings (SSSR count). The maximum atomic E-state index is 6.11. The van der Waals surface area contributed by atoms with Gasteiger partial charge in [-0.25, -0.2) is 4.98 Å². The summed E-state index contributed by atoms with van der Waals surface area (Å²) in [5.41, 5.74) is 2.89. The van der Waals surface area contributed by atoms with Gasteiger partial charge in [0.25, 0.3) is 0 Å². The third-order valence-electron chi connectivity index (χ3n) is 2.23. The van der Waals surface area contributed by atoms with E-state index in [4.69, 9.17) is 11.6 Å². The highest BCUT2D eigenvalue weighted by Gasteiger charge is 2.08. The van der Waals surface area contributed by atoms with Crippen LogP contribution in [-0.4, -0.2) is 9.97 Å². The van der Waals surface area contributed by atoms with Gasteiger partial charge in [-0.15, -0.1) is 0 Å². The number of hydrogen-bond acceptors (Lipinski definition) is 1. The molecule has 1 N–H and O–H groups in total. The van der Waals surface area contributed by atoms with Gasteiger partial charge in [0.2, 0.25) is 0 Å². The Morgan fingerprint density at radius 1 is 1.47 bits per heavy atom. The average molecular weight is 219 g/mol. The van der Waals surface area contributed by atoms with Gasteiger partial charge in [-0.05, 0) is 19.1 Å². The summed E-state index contributed by atoms with van der Waals surface area (Å²) in [5, 5.41) is 0.696. The molecule has 0 saturated heterocycles. The lowest BCUT2D eigenvalue weighted by Crippen LogP contribution is -1.90. The first-order valence-corrected chi connectivity index (χ1v) is 5.01. The van der Waals surface area contributed by atoms with E-state index in [9.17, 15) is 0 Å². The number of halogens is 1. The summed E-state index contributed by atoms with van der Waals surface area (Å²) >= 11 is 6.11. The standard InChI is InChI=1S/C12H11ClN2/c1-8-3-4-11(13)10(7-8)9(2)12-14-5-6-15-12/h3-7H,2H2,1H3,(H,14,15). The molecule has 76 valence electrons. The minimum Gasteiger partial charge on any atom is -0.345 e. The molecule has 0 fully saturated rings. The summed E-state index contributed by atoms with van der Waals surface area (Å²) < 4.78 is 0. The van der Waals surface area contributed by atoms with Gasteiger partial charge < -0.3 is 4.98 Å². The van der Waals surface area contributed by atoms with Crippen LogP contribution in [0.5, 0.6) is 0 Å². The molecule has 0 bridgehead atoms. The van der Waals surface area contributed by atoms with Crippen LogP contribution >= 0.6 is 11.6 Å². The summed E-state index contributed by atoms with van der Waals surface area (Å²) in [7, 11) is 0. The normalized spacial score (nSPS) is 10.3. The first-order chi connectivity index (χ1) is 7.18. The first-order valence-electron chi connectivity index (χ1n) is 4.63. The zero-order valence-electron chi connectivity index (χ0n) is 8.42. The van der Waals surface area contributed by atoms with Crippen LogP contribution in [-0.2, 0) is 0 Å². The zero-order chi connectivity index (χ0) is 10.8. The number of nitrogens with zero attached hydrogens (tertiary/aromatic N) is 1. The number of benzene rings is 1. The lowest BCUT2D eigenvalue weighted by molar-refractivity contribution is 1.24. The SMILES string of the molecule is C=C(c1ncc[nH]1)c1cc(C)ccc1Cl. The number of aromatic nitrogens is 2. The Morgan fingerprint density at radius 3 is 2.93 bits per heavy atom. The molecular formula is C12H11ClN2. The minimum atomic E-state index is 0.696. The van der Waals surface area contributed by atoms with E-state index in [1.54, 1.807) is 12.4 Å². The van der Waals surface area contributed by atoms with Crippen molar-refractivity contribution in [3.63, 3.8) is 0 Å². The lowest BCUT2D eigenvalue weighted by atomic mass is 10.0. The fourth-order valence-electron chi connectivity index (χ4n) is 1.43. The van der Waals surface area contributed by atoms with E-state index in [1.807, 2.05) is 25.1 Å². The van der Waals surface area contributed by atoms with Crippen LogP contribution in [0.2, 0.25) is 5.02 Å². The predicted molar refractivity (Wildman–Crippen MR) is 62.9 cm³/mol. The molecule has 1 aromatic heterocycles. The topological polar surface area (TPSA) is 28.7 Å². The van der Waals surface area contributed by atoms with Crippen molar-refractivity contribution in [1.29, 1.82) is 0 Å². The molecular weight excluding hydrogens is 208 g/mol. The van der Waals surface area contributed by atoms with Gasteiger partial charge in [0.15, 0.2) is 0 Å². The van der Waals surface area contributed by atoms with E-state index in [1.165, 1.54) is 0 Å². The Labute approximate surface area is 93.6 Å². The average Bonchev–Trinajstić information content (AvgIpc) is 2.74. The van der Waals surface area contributed by atoms with Crippen LogP contribution in [0.15, 0.2) is 37.2 Å². The van der Waals surface area contributed by atoms with E-state index in [-0.39, 0.29) is 0 Å². The van der Waals surface area contributed by atoms with Crippen LogP contribution in [0.3, 0.4) is 0 Å². The molecule has 3 heteroatoms. The Morgan fingerprint density at radius 2 is 2.27 bits per heavy atom. The maximum absolute atomic E-state index is 6.11. The van der Waals surface area contributed by atoms with Crippen LogP contribution in [0.25, 0.3) is 5.57 Å². The van der Waals surface area contributed by atoms with E-state index in [2.05, 4.69) is 16.5 Å². The van der Waals surface area contributed by atoms with Gasteiger partial charge in [0.1, 0.15) is 5.82 Å². The van der Waals surface area contributed by atoms with E-state index >= 15 is 0 Å². The molecule has 1 aromatic carbocycles. The summed E-state index contributed by atoms with van der Waals surface area (Å²) in [6.45, 7) is 6.01. The van der Waals surface area contributed by atoms with Crippen molar-refractivity contribution >= 4 is 17.2 Å². The van der Waals surface area contributed by atoms with E-state index < -0.39 is 0 Å². The quantitative estimate of drug-likeness (QED) is 0.822. The smallest absolute Gasteiger partial charge is 0.137 e. The molecule has 2 aromatic rings. The summed E-state index contributed by atoms with van der Waals surface area (Å²) in [6, 6.07) is 5.86. The second kappa shape index (κ2) is 3.91. The summed E-state index contributed by atoms with van der Waals surface area (Å²) in [5.74, 6) is 0.752. The number of imidazole rings is 1. The van der Waals surface area contributed by atoms with Crippen molar-refractivity contribution in [1.82, 2.24) is 9.97 Å². The molecule has 1 heterocycles. The van der Waals surface area contributed by atoms with Gasteiger partial charge in [0.05, 0.1) is 0 Å². The second-order valence-electron chi connectivity index (χ2n) is 3.40. The van der Waals surface area contributed by atoms with Crippen molar-refractivity contribution in [3.05, 3.63) is 59.1 Å². The fourth-order valence-corrected chi connectivity index (χ4v) is 1.66. The lowest BCUT2D eigenvalue weighted by Gasteiger charge is -2.06. The number of aryl methyl sites for hydroxylation is 1. The van der Waals surface area contributed by atoms with Crippen molar-refractivity contribution in [3.8, 4) is 0 Å². The Bertz CT molecular complexity index is 486. The van der Waals surface area contributed by atoms with Crippen molar-refractivity contribution in [2.24, 2.45) is 0 Å². The largest absolute Gasteiger partial charge is 0.345 e. The molecule has 0 aliphatic carbocycles. The van der Waals surface area contributed by atoms with Crippen LogP contribution in [0.4, 0.5) is 0 Å². The van der Waals surface area contributed by atoms with Gasteiger partial charge in [0, 0.05) is 28.6 Å². The summed E-state index contributed by atoms with van der Waals surface area (Å²) in [4.78, 5) is 7.16. The molecule has 0 saturated carbocycles. The number of H-pyrrole nitrogens is 1. The Hall–Kier alpha value is -1.54. The Balaban J connectivity index is 2.46. The fraction of sp³-hybridized carbons (Fsp3) is 0.0833. The maximum Gasteiger partial charge on any atom is 0.137 e. The number of hydrogen-bond donors (Lipinski definition) is 1. The van der Waals surface area contributed by atoms with Crippen LogP contribution in [0, 0.1) is 6.92 Å². The van der Waals surface area contributed by atoms with Gasteiger partial charge >= 0.3 is 0 Å². The molecule has 0 unspecified atom stereocenters. The van der Waals surface area contributed by atoms with E-state index in [0.29, 0.717) is 5.02 Å². The number of rotatable bonds is 2. The molecule has 0 amide bonds. The second-order valence-corrected chi connectivity index (χ2v) is 3.81. The van der Waals surface area contributed by atoms with E-state index in [0.717, 1.165) is 22.5 Å². The molecule has 15 heavy (non-hydrogen) atoms. The number of nitrogens with one attached hydrogen (secondary N) is 1. The first kappa shape index (κ1) is 9.99. The highest BCUT2D eigenvalue weighted by atomic mass is 35.5. The van der Waals surface area contributed by atoms with Crippen LogP contribution in [0.1, 0.15) is 17.0 Å². The van der Waals surface area contributed by atoms with Gasteiger partial charge in [-0.2, -0.15) is 0 Å². The van der Waals surface area contributed by atoms with Crippen LogP contribution < -0.4 is 0 Å². The third kappa shape index (κ3) is 1.95.